The van der Waals surface area contributed by atoms with Gasteiger partial charge >= 0.3 is 5.97 Å². The Balaban J connectivity index is 2.18. The number of hydrogen-bond acceptors (Lipinski definition) is 7. The van der Waals surface area contributed by atoms with Crippen LogP contribution in [0.4, 0.5) is 0 Å². The van der Waals surface area contributed by atoms with Crippen LogP contribution in [0, 0.1) is 10.1 Å². The van der Waals surface area contributed by atoms with Gasteiger partial charge in [0.1, 0.15) is 23.1 Å². The summed E-state index contributed by atoms with van der Waals surface area (Å²) in [6.45, 7) is 1.64. The molecule has 2 aromatic rings. The Hall–Kier alpha value is -3.13. The number of nitrogens with one attached hydrogen (secondary N) is 1. The fraction of sp³-hybridized carbons (Fsp3) is 0.381. The van der Waals surface area contributed by atoms with Gasteiger partial charge in [-0.15, -0.1) is 0 Å². The minimum Gasteiger partial charge on any atom is -0.497 e. The lowest BCUT2D eigenvalue weighted by atomic mass is 9.78. The molecule has 154 valence electrons. The molecule has 2 aromatic carbocycles. The number of ether oxygens (including phenoxy) is 3. The smallest absolute Gasteiger partial charge is 0.326 e. The number of methoxy groups -OCH3 is 3. The van der Waals surface area contributed by atoms with Gasteiger partial charge in [0.05, 0.1) is 27.2 Å². The Morgan fingerprint density at radius 1 is 1.07 bits per heavy atom. The molecule has 0 spiro atoms. The number of para-hydroxylation sites is 1. The van der Waals surface area contributed by atoms with Crippen molar-refractivity contribution in [2.45, 2.75) is 30.5 Å². The van der Waals surface area contributed by atoms with Crippen molar-refractivity contribution in [1.29, 1.82) is 0 Å². The summed E-state index contributed by atoms with van der Waals surface area (Å²) in [4.78, 5) is 24.7. The van der Waals surface area contributed by atoms with Crippen molar-refractivity contribution in [3.63, 3.8) is 0 Å². The van der Waals surface area contributed by atoms with Crippen molar-refractivity contribution < 1.29 is 23.9 Å². The Morgan fingerprint density at radius 3 is 2.28 bits per heavy atom. The zero-order valence-electron chi connectivity index (χ0n) is 16.7. The van der Waals surface area contributed by atoms with Gasteiger partial charge in [-0.25, -0.2) is 0 Å². The van der Waals surface area contributed by atoms with Crippen LogP contribution in [0.15, 0.2) is 48.5 Å². The van der Waals surface area contributed by atoms with Gasteiger partial charge < -0.3 is 14.2 Å². The van der Waals surface area contributed by atoms with E-state index in [0.29, 0.717) is 22.6 Å². The van der Waals surface area contributed by atoms with E-state index < -0.39 is 29.5 Å². The molecule has 0 radical (unpaired) electrons. The third kappa shape index (κ3) is 3.51. The number of esters is 1. The van der Waals surface area contributed by atoms with E-state index in [9.17, 15) is 14.9 Å². The van der Waals surface area contributed by atoms with E-state index in [0.717, 1.165) is 0 Å². The summed E-state index contributed by atoms with van der Waals surface area (Å²) in [6, 6.07) is 12.1. The van der Waals surface area contributed by atoms with E-state index in [2.05, 4.69) is 5.32 Å². The average molecular weight is 400 g/mol. The largest absolute Gasteiger partial charge is 0.497 e. The zero-order valence-corrected chi connectivity index (χ0v) is 16.7. The minimum atomic E-state index is -1.31. The first-order chi connectivity index (χ1) is 13.9. The highest BCUT2D eigenvalue weighted by Gasteiger charge is 2.62. The third-order valence-electron chi connectivity index (χ3n) is 5.56. The topological polar surface area (TPSA) is 99.9 Å². The molecular formula is C21H24N2O6. The Morgan fingerprint density at radius 2 is 1.72 bits per heavy atom. The van der Waals surface area contributed by atoms with Crippen molar-refractivity contribution in [3.8, 4) is 11.5 Å². The second-order valence-corrected chi connectivity index (χ2v) is 7.08. The van der Waals surface area contributed by atoms with Crippen LogP contribution < -0.4 is 14.8 Å². The summed E-state index contributed by atoms with van der Waals surface area (Å²) in [6.07, 6.45) is 0. The van der Waals surface area contributed by atoms with Gasteiger partial charge in [0, 0.05) is 10.5 Å². The normalized spacial score (nSPS) is 26.0. The molecule has 1 heterocycles. The second kappa shape index (κ2) is 8.08. The van der Waals surface area contributed by atoms with Crippen molar-refractivity contribution in [2.24, 2.45) is 0 Å². The highest BCUT2D eigenvalue weighted by Crippen LogP contribution is 2.48. The van der Waals surface area contributed by atoms with E-state index >= 15 is 0 Å². The Kier molecular flexibility index (Phi) is 5.74. The molecule has 0 aliphatic carbocycles. The maximum atomic E-state index is 12.8. The lowest BCUT2D eigenvalue weighted by Gasteiger charge is -2.28. The van der Waals surface area contributed by atoms with E-state index in [1.54, 1.807) is 62.6 Å². The second-order valence-electron chi connectivity index (χ2n) is 7.08. The first-order valence-electron chi connectivity index (χ1n) is 9.13. The average Bonchev–Trinajstić information content (AvgIpc) is 3.07. The fourth-order valence-electron chi connectivity index (χ4n) is 4.20. The molecule has 1 aliphatic heterocycles. The first kappa shape index (κ1) is 20.6. The summed E-state index contributed by atoms with van der Waals surface area (Å²) >= 11 is 0. The molecular weight excluding hydrogens is 376 g/mol. The number of carbonyl (C=O) groups is 1. The quantitative estimate of drug-likeness (QED) is 0.452. The summed E-state index contributed by atoms with van der Waals surface area (Å²) < 4.78 is 15.6. The van der Waals surface area contributed by atoms with Crippen molar-refractivity contribution in [3.05, 3.63) is 69.8 Å². The fourth-order valence-corrected chi connectivity index (χ4v) is 4.20. The van der Waals surface area contributed by atoms with Gasteiger partial charge in [-0.3, -0.25) is 20.2 Å². The predicted octanol–water partition coefficient (Wildman–Crippen LogP) is 2.71. The minimum absolute atomic E-state index is 0.340. The molecule has 3 rings (SSSR count). The van der Waals surface area contributed by atoms with Crippen molar-refractivity contribution in [2.75, 3.05) is 21.3 Å². The maximum Gasteiger partial charge on any atom is 0.326 e. The highest BCUT2D eigenvalue weighted by atomic mass is 16.6. The standard InChI is InChI=1S/C21H24N2O6/c1-21(20(24)29-4)17(13-9-11-14(27-2)12-10-13)19(23(25)26)18(22-21)15-7-5-6-8-16(15)28-3/h5-12,17-19,22H,1-4H3/t17-,18+,19-,21+/m1/s1. The monoisotopic (exact) mass is 400 g/mol. The Bertz CT molecular complexity index is 900. The third-order valence-corrected chi connectivity index (χ3v) is 5.56. The van der Waals surface area contributed by atoms with Crippen LogP contribution in [0.5, 0.6) is 11.5 Å². The van der Waals surface area contributed by atoms with Crippen LogP contribution in [-0.4, -0.2) is 43.8 Å². The molecule has 0 unspecified atom stereocenters. The summed E-state index contributed by atoms with van der Waals surface area (Å²) in [5.74, 6) is -0.203. The molecule has 1 saturated heterocycles. The lowest BCUT2D eigenvalue weighted by molar-refractivity contribution is -0.527. The zero-order chi connectivity index (χ0) is 21.2. The molecule has 1 aliphatic rings. The number of benzene rings is 2. The van der Waals surface area contributed by atoms with Crippen LogP contribution >= 0.6 is 0 Å². The summed E-state index contributed by atoms with van der Waals surface area (Å²) in [7, 11) is 4.33. The molecule has 0 amide bonds. The van der Waals surface area contributed by atoms with Gasteiger partial charge in [0.2, 0.25) is 6.04 Å². The molecule has 1 fully saturated rings. The van der Waals surface area contributed by atoms with Crippen LogP contribution in [0.25, 0.3) is 0 Å². The Labute approximate surface area is 168 Å². The molecule has 0 bridgehead atoms. The number of nitro groups is 1. The van der Waals surface area contributed by atoms with Gasteiger partial charge in [-0.1, -0.05) is 30.3 Å². The van der Waals surface area contributed by atoms with Gasteiger partial charge in [0.15, 0.2) is 0 Å². The molecule has 8 heteroatoms. The molecule has 1 N–H and O–H groups in total. The van der Waals surface area contributed by atoms with Crippen LogP contribution in [0.2, 0.25) is 0 Å². The van der Waals surface area contributed by atoms with Crippen molar-refractivity contribution >= 4 is 5.97 Å². The van der Waals surface area contributed by atoms with Gasteiger partial charge in [0.25, 0.3) is 0 Å². The van der Waals surface area contributed by atoms with E-state index in [1.165, 1.54) is 14.2 Å². The lowest BCUT2D eigenvalue weighted by Crippen LogP contribution is -2.50. The maximum absolute atomic E-state index is 12.8. The SMILES string of the molecule is COC(=O)[C@@]1(C)N[C@@H](c2ccccc2OC)[C@H]([N+](=O)[O-])[C@H]1c1ccc(OC)cc1. The van der Waals surface area contributed by atoms with Crippen molar-refractivity contribution in [1.82, 2.24) is 5.32 Å². The van der Waals surface area contributed by atoms with E-state index in [-0.39, 0.29) is 4.92 Å². The molecule has 4 atom stereocenters. The predicted molar refractivity (Wildman–Crippen MR) is 106 cm³/mol. The number of rotatable bonds is 6. The van der Waals surface area contributed by atoms with Crippen LogP contribution in [0.1, 0.15) is 30.0 Å². The van der Waals surface area contributed by atoms with Crippen LogP contribution in [-0.2, 0) is 9.53 Å². The van der Waals surface area contributed by atoms with Crippen LogP contribution in [0.3, 0.4) is 0 Å². The van der Waals surface area contributed by atoms with E-state index in [1.807, 2.05) is 0 Å². The molecule has 0 aromatic heterocycles. The summed E-state index contributed by atoms with van der Waals surface area (Å²) in [5.41, 5.74) is -0.0554. The first-order valence-corrected chi connectivity index (χ1v) is 9.13. The number of hydrogen-bond donors (Lipinski definition) is 1. The van der Waals surface area contributed by atoms with E-state index in [4.69, 9.17) is 14.2 Å². The number of carbonyl (C=O) groups excluding carboxylic acids is 1. The number of nitrogens with zero attached hydrogens (tertiary/aromatic N) is 1. The van der Waals surface area contributed by atoms with Gasteiger partial charge in [-0.2, -0.15) is 0 Å². The highest BCUT2D eigenvalue weighted by molar-refractivity contribution is 5.83. The molecule has 29 heavy (non-hydrogen) atoms. The molecule has 8 nitrogen and oxygen atoms in total. The van der Waals surface area contributed by atoms with Gasteiger partial charge in [-0.05, 0) is 30.7 Å². The summed E-state index contributed by atoms with van der Waals surface area (Å²) in [5, 5.41) is 15.4. The molecule has 0 saturated carbocycles.